The number of hydrogen-bond donors (Lipinski definition) is 0. The second-order valence-electron chi connectivity index (χ2n) is 3.03. The van der Waals surface area contributed by atoms with Crippen LogP contribution in [-0.4, -0.2) is 31.5 Å². The van der Waals surface area contributed by atoms with Crippen molar-refractivity contribution in [3.05, 3.63) is 0 Å². The number of hydrogen-bond acceptors (Lipinski definition) is 3. The van der Waals surface area contributed by atoms with E-state index in [1.807, 2.05) is 0 Å². The predicted molar refractivity (Wildman–Crippen MR) is 45.2 cm³/mol. The average Bonchev–Trinajstić information content (AvgIpc) is 2.01. The molecule has 3 nitrogen and oxygen atoms in total. The summed E-state index contributed by atoms with van der Waals surface area (Å²) in [5.74, 6) is -1.10. The van der Waals surface area contributed by atoms with E-state index in [-0.39, 0.29) is 12.1 Å². The van der Waals surface area contributed by atoms with Crippen molar-refractivity contribution < 1.29 is 22.7 Å². The van der Waals surface area contributed by atoms with Crippen molar-refractivity contribution in [2.75, 3.05) is 7.11 Å². The number of carbonyl (C=O) groups excluding carboxylic acids is 1. The molecule has 0 N–H and O–H groups in total. The summed E-state index contributed by atoms with van der Waals surface area (Å²) in [6.45, 7) is 3.19. The normalized spacial score (nSPS) is 14.8. The first kappa shape index (κ1) is 12.9. The largest absolute Gasteiger partial charge is 0.467 e. The Morgan fingerprint density at radius 1 is 1.43 bits per heavy atom. The number of esters is 1. The minimum absolute atomic E-state index is 0.186. The number of ether oxygens (including phenoxy) is 1. The molecule has 6 heteroatoms. The van der Waals surface area contributed by atoms with Gasteiger partial charge in [0.25, 0.3) is 0 Å². The van der Waals surface area contributed by atoms with Crippen LogP contribution in [0.2, 0.25) is 0 Å². The minimum atomic E-state index is -4.50. The second-order valence-corrected chi connectivity index (χ2v) is 3.03. The Kier molecular flexibility index (Phi) is 4.59. The van der Waals surface area contributed by atoms with E-state index in [4.69, 9.17) is 0 Å². The molecule has 0 aromatic carbocycles. The number of alkyl halides is 3. The van der Waals surface area contributed by atoms with E-state index in [1.54, 1.807) is 13.8 Å². The van der Waals surface area contributed by atoms with Crippen LogP contribution in [0.3, 0.4) is 0 Å². The van der Waals surface area contributed by atoms with Gasteiger partial charge in [-0.05, 0) is 5.92 Å². The van der Waals surface area contributed by atoms with Crippen LogP contribution in [0.4, 0.5) is 13.2 Å². The number of carbonyl (C=O) groups is 1. The lowest BCUT2D eigenvalue weighted by Crippen LogP contribution is -2.27. The summed E-state index contributed by atoms with van der Waals surface area (Å²) in [6, 6.07) is -1.10. The van der Waals surface area contributed by atoms with E-state index in [1.165, 1.54) is 0 Å². The molecule has 0 saturated heterocycles. The van der Waals surface area contributed by atoms with Gasteiger partial charge >= 0.3 is 12.1 Å². The van der Waals surface area contributed by atoms with Gasteiger partial charge in [0, 0.05) is 0 Å². The van der Waals surface area contributed by atoms with E-state index in [0.29, 0.717) is 0 Å². The fraction of sp³-hybridized carbons (Fsp3) is 0.750. The van der Waals surface area contributed by atoms with Crippen LogP contribution in [0.15, 0.2) is 4.99 Å². The smallest absolute Gasteiger partial charge is 0.426 e. The molecule has 0 aliphatic rings. The highest BCUT2D eigenvalue weighted by atomic mass is 19.4. The molecule has 0 saturated carbocycles. The van der Waals surface area contributed by atoms with Crippen molar-refractivity contribution in [1.29, 1.82) is 0 Å². The van der Waals surface area contributed by atoms with Gasteiger partial charge in [-0.2, -0.15) is 13.2 Å². The van der Waals surface area contributed by atoms with Gasteiger partial charge in [0.05, 0.1) is 7.11 Å². The van der Waals surface area contributed by atoms with Gasteiger partial charge in [-0.3, -0.25) is 4.99 Å². The fourth-order valence-electron chi connectivity index (χ4n) is 0.791. The van der Waals surface area contributed by atoms with E-state index < -0.39 is 18.2 Å². The molecule has 0 spiro atoms. The first-order valence-electron chi connectivity index (χ1n) is 3.97. The van der Waals surface area contributed by atoms with Crippen LogP contribution in [0.25, 0.3) is 0 Å². The van der Waals surface area contributed by atoms with Crippen molar-refractivity contribution in [2.24, 2.45) is 10.9 Å². The first-order chi connectivity index (χ1) is 6.28. The third-order valence-electron chi connectivity index (χ3n) is 1.46. The van der Waals surface area contributed by atoms with Gasteiger partial charge in [0.15, 0.2) is 0 Å². The molecule has 0 radical (unpaired) electrons. The van der Waals surface area contributed by atoms with Gasteiger partial charge in [-0.25, -0.2) is 4.79 Å². The first-order valence-corrected chi connectivity index (χ1v) is 3.97. The van der Waals surface area contributed by atoms with Gasteiger partial charge < -0.3 is 4.74 Å². The molecule has 82 valence electrons. The maximum atomic E-state index is 11.7. The summed E-state index contributed by atoms with van der Waals surface area (Å²) in [7, 11) is 1.11. The molecule has 0 aliphatic heterocycles. The molecule has 1 unspecified atom stereocenters. The van der Waals surface area contributed by atoms with Crippen molar-refractivity contribution in [3.63, 3.8) is 0 Å². The van der Waals surface area contributed by atoms with Crippen LogP contribution in [0, 0.1) is 5.92 Å². The molecule has 0 bridgehead atoms. The Bertz CT molecular complexity index is 223. The van der Waals surface area contributed by atoms with Gasteiger partial charge in [-0.1, -0.05) is 13.8 Å². The standard InChI is InChI=1S/C8H12F3NO2/c1-5(2)6(7(13)14-3)12-4-8(9,10)11/h4-6H,1-3H3. The van der Waals surface area contributed by atoms with Crippen LogP contribution in [-0.2, 0) is 9.53 Å². The molecule has 0 fully saturated rings. The highest BCUT2D eigenvalue weighted by molar-refractivity contribution is 5.79. The minimum Gasteiger partial charge on any atom is -0.467 e. The van der Waals surface area contributed by atoms with Crippen LogP contribution in [0.5, 0.6) is 0 Å². The lowest BCUT2D eigenvalue weighted by molar-refractivity contribution is -0.143. The van der Waals surface area contributed by atoms with E-state index >= 15 is 0 Å². The molecule has 0 aliphatic carbocycles. The SMILES string of the molecule is COC(=O)C(N=CC(F)(F)F)C(C)C. The lowest BCUT2D eigenvalue weighted by Gasteiger charge is -2.13. The second kappa shape index (κ2) is 4.97. The van der Waals surface area contributed by atoms with Crippen LogP contribution < -0.4 is 0 Å². The summed E-state index contributed by atoms with van der Waals surface area (Å²) >= 11 is 0. The Morgan fingerprint density at radius 2 is 1.93 bits per heavy atom. The molecule has 0 heterocycles. The fourth-order valence-corrected chi connectivity index (χ4v) is 0.791. The summed E-state index contributed by atoms with van der Waals surface area (Å²) in [5.41, 5.74) is 0. The summed E-state index contributed by atoms with van der Waals surface area (Å²) in [5, 5.41) is 0. The third-order valence-corrected chi connectivity index (χ3v) is 1.46. The third kappa shape index (κ3) is 4.84. The zero-order chi connectivity index (χ0) is 11.4. The van der Waals surface area contributed by atoms with Crippen LogP contribution in [0.1, 0.15) is 13.8 Å². The van der Waals surface area contributed by atoms with Crippen molar-refractivity contribution >= 4 is 12.2 Å². The van der Waals surface area contributed by atoms with Crippen molar-refractivity contribution in [1.82, 2.24) is 0 Å². The van der Waals surface area contributed by atoms with Gasteiger partial charge in [0.2, 0.25) is 0 Å². The Morgan fingerprint density at radius 3 is 2.21 bits per heavy atom. The highest BCUT2D eigenvalue weighted by Gasteiger charge is 2.27. The Hall–Kier alpha value is -1.07. The average molecular weight is 211 g/mol. The summed E-state index contributed by atoms with van der Waals surface area (Å²) < 4.78 is 39.6. The van der Waals surface area contributed by atoms with E-state index in [9.17, 15) is 18.0 Å². The zero-order valence-corrected chi connectivity index (χ0v) is 8.13. The number of nitrogens with zero attached hydrogens (tertiary/aromatic N) is 1. The highest BCUT2D eigenvalue weighted by Crippen LogP contribution is 2.14. The lowest BCUT2D eigenvalue weighted by atomic mass is 10.1. The number of rotatable bonds is 3. The maximum absolute atomic E-state index is 11.7. The van der Waals surface area contributed by atoms with Gasteiger partial charge in [-0.15, -0.1) is 0 Å². The number of aliphatic imine (C=N–C) groups is 1. The topological polar surface area (TPSA) is 38.7 Å². The molecule has 1 atom stereocenters. The molecule has 0 aromatic rings. The van der Waals surface area contributed by atoms with Crippen molar-refractivity contribution in [2.45, 2.75) is 26.1 Å². The number of halogens is 3. The van der Waals surface area contributed by atoms with Crippen molar-refractivity contribution in [3.8, 4) is 0 Å². The summed E-state index contributed by atoms with van der Waals surface area (Å²) in [4.78, 5) is 14.1. The Balaban J connectivity index is 4.54. The zero-order valence-electron chi connectivity index (χ0n) is 8.13. The predicted octanol–water partition coefficient (Wildman–Crippen LogP) is 1.82. The van der Waals surface area contributed by atoms with E-state index in [0.717, 1.165) is 7.11 Å². The monoisotopic (exact) mass is 211 g/mol. The van der Waals surface area contributed by atoms with E-state index in [2.05, 4.69) is 9.73 Å². The quantitative estimate of drug-likeness (QED) is 0.527. The maximum Gasteiger partial charge on any atom is 0.426 e. The molecule has 14 heavy (non-hydrogen) atoms. The van der Waals surface area contributed by atoms with Crippen LogP contribution >= 0.6 is 0 Å². The molecule has 0 amide bonds. The Labute approximate surface area is 80.0 Å². The number of methoxy groups -OCH3 is 1. The van der Waals surface area contributed by atoms with Gasteiger partial charge in [0.1, 0.15) is 12.3 Å². The molecular weight excluding hydrogens is 199 g/mol. The molecule has 0 rings (SSSR count). The molecular formula is C8H12F3NO2. The molecule has 0 aromatic heterocycles. The summed E-state index contributed by atoms with van der Waals surface area (Å²) in [6.07, 6.45) is -4.68.